The molecule has 8 heteroatoms. The fourth-order valence-corrected chi connectivity index (χ4v) is 3.21. The van der Waals surface area contributed by atoms with Crippen LogP contribution in [0, 0.1) is 5.82 Å². The first-order valence-electron chi connectivity index (χ1n) is 10.2. The summed E-state index contributed by atoms with van der Waals surface area (Å²) >= 11 is 0. The maximum Gasteiger partial charge on any atom is 0.224 e. The topological polar surface area (TPSA) is 74.8 Å². The number of aliphatic imine (C=N–C) groups is 1. The van der Waals surface area contributed by atoms with Crippen LogP contribution < -0.4 is 16.0 Å². The highest BCUT2D eigenvalue weighted by Crippen LogP contribution is 2.20. The molecule has 1 fully saturated rings. The zero-order valence-corrected chi connectivity index (χ0v) is 19.5. The van der Waals surface area contributed by atoms with Crippen LogP contribution >= 0.6 is 24.0 Å². The molecule has 0 atom stereocenters. The lowest BCUT2D eigenvalue weighted by Crippen LogP contribution is -2.42. The molecule has 1 saturated carbocycles. The van der Waals surface area contributed by atoms with Crippen LogP contribution in [0.4, 0.5) is 4.39 Å². The minimum atomic E-state index is -0.298. The minimum Gasteiger partial charge on any atom is -0.378 e. The standard InChI is InChI=1S/C21H33FN4O2.HI/c1-23-21(25-12-5-15-28-19-6-3-2-4-7-19)26-14-13-24-20(27)16-17-8-10-18(22)11-9-17;/h8-11,19H,2-7,12-16H2,1H3,(H,24,27)(H2,23,25,26);1H. The van der Waals surface area contributed by atoms with E-state index in [1.807, 2.05) is 0 Å². The molecule has 164 valence electrons. The molecule has 29 heavy (non-hydrogen) atoms. The number of nitrogens with one attached hydrogen (secondary N) is 3. The van der Waals surface area contributed by atoms with Crippen LogP contribution in [0.1, 0.15) is 44.1 Å². The Morgan fingerprint density at radius 3 is 2.41 bits per heavy atom. The van der Waals surface area contributed by atoms with Crippen molar-refractivity contribution in [3.63, 3.8) is 0 Å². The Morgan fingerprint density at radius 1 is 1.07 bits per heavy atom. The summed E-state index contributed by atoms with van der Waals surface area (Å²) in [4.78, 5) is 16.1. The summed E-state index contributed by atoms with van der Waals surface area (Å²) in [6, 6.07) is 5.97. The monoisotopic (exact) mass is 520 g/mol. The highest BCUT2D eigenvalue weighted by atomic mass is 127. The van der Waals surface area contributed by atoms with Crippen molar-refractivity contribution >= 4 is 35.8 Å². The van der Waals surface area contributed by atoms with Crippen LogP contribution in [0.5, 0.6) is 0 Å². The van der Waals surface area contributed by atoms with Crippen LogP contribution in [0.3, 0.4) is 0 Å². The average Bonchev–Trinajstić information content (AvgIpc) is 2.72. The van der Waals surface area contributed by atoms with E-state index in [2.05, 4.69) is 20.9 Å². The van der Waals surface area contributed by atoms with E-state index in [9.17, 15) is 9.18 Å². The highest BCUT2D eigenvalue weighted by Gasteiger charge is 2.13. The van der Waals surface area contributed by atoms with E-state index in [0.29, 0.717) is 25.2 Å². The number of halogens is 2. The van der Waals surface area contributed by atoms with Gasteiger partial charge in [0.2, 0.25) is 5.91 Å². The SMILES string of the molecule is CN=C(NCCCOC1CCCCC1)NCCNC(=O)Cc1ccc(F)cc1.I. The molecule has 0 aromatic heterocycles. The lowest BCUT2D eigenvalue weighted by atomic mass is 9.98. The predicted octanol–water partition coefficient (Wildman–Crippen LogP) is 3.01. The summed E-state index contributed by atoms with van der Waals surface area (Å²) in [7, 11) is 1.72. The number of benzene rings is 1. The molecule has 2 rings (SSSR count). The van der Waals surface area contributed by atoms with Gasteiger partial charge in [-0.3, -0.25) is 9.79 Å². The van der Waals surface area contributed by atoms with Gasteiger partial charge in [0.25, 0.3) is 0 Å². The molecule has 0 unspecified atom stereocenters. The van der Waals surface area contributed by atoms with Crippen molar-refractivity contribution in [3.05, 3.63) is 35.6 Å². The van der Waals surface area contributed by atoms with Crippen molar-refractivity contribution in [2.45, 2.75) is 51.0 Å². The van der Waals surface area contributed by atoms with Crippen molar-refractivity contribution < 1.29 is 13.9 Å². The van der Waals surface area contributed by atoms with Crippen LogP contribution in [0.2, 0.25) is 0 Å². The Kier molecular flexibility index (Phi) is 13.6. The molecule has 1 aliphatic rings. The molecule has 0 aliphatic heterocycles. The first-order chi connectivity index (χ1) is 13.7. The average molecular weight is 520 g/mol. The molecule has 0 bridgehead atoms. The second-order valence-electron chi connectivity index (χ2n) is 7.06. The maximum absolute atomic E-state index is 12.9. The van der Waals surface area contributed by atoms with Gasteiger partial charge in [-0.05, 0) is 37.0 Å². The Bertz CT molecular complexity index is 607. The van der Waals surface area contributed by atoms with Crippen LogP contribution in [-0.2, 0) is 16.0 Å². The number of hydrogen-bond donors (Lipinski definition) is 3. The van der Waals surface area contributed by atoms with Crippen molar-refractivity contribution in [2.24, 2.45) is 4.99 Å². The number of ether oxygens (including phenoxy) is 1. The molecule has 6 nitrogen and oxygen atoms in total. The number of hydrogen-bond acceptors (Lipinski definition) is 3. The van der Waals surface area contributed by atoms with Gasteiger partial charge in [0.05, 0.1) is 12.5 Å². The van der Waals surface area contributed by atoms with Crippen molar-refractivity contribution in [2.75, 3.05) is 33.3 Å². The van der Waals surface area contributed by atoms with Gasteiger partial charge in [-0.1, -0.05) is 31.4 Å². The molecule has 1 aliphatic carbocycles. The number of carbonyl (C=O) groups excluding carboxylic acids is 1. The molecule has 0 saturated heterocycles. The first kappa shape index (κ1) is 25.6. The molecule has 1 amide bonds. The number of carbonyl (C=O) groups is 1. The second-order valence-corrected chi connectivity index (χ2v) is 7.06. The van der Waals surface area contributed by atoms with Crippen molar-refractivity contribution in [3.8, 4) is 0 Å². The normalized spacial score (nSPS) is 14.8. The zero-order valence-electron chi connectivity index (χ0n) is 17.2. The van der Waals surface area contributed by atoms with E-state index < -0.39 is 0 Å². The number of amides is 1. The third-order valence-corrected chi connectivity index (χ3v) is 4.76. The van der Waals surface area contributed by atoms with Crippen LogP contribution in [0.15, 0.2) is 29.3 Å². The van der Waals surface area contributed by atoms with E-state index >= 15 is 0 Å². The zero-order chi connectivity index (χ0) is 20.0. The van der Waals surface area contributed by atoms with Gasteiger partial charge in [-0.2, -0.15) is 0 Å². The third-order valence-electron chi connectivity index (χ3n) is 4.76. The molecular weight excluding hydrogens is 486 g/mol. The Balaban J connectivity index is 0.00000420. The van der Waals surface area contributed by atoms with Gasteiger partial charge in [-0.15, -0.1) is 24.0 Å². The Labute approximate surface area is 190 Å². The largest absolute Gasteiger partial charge is 0.378 e. The highest BCUT2D eigenvalue weighted by molar-refractivity contribution is 14.0. The predicted molar refractivity (Wildman–Crippen MR) is 125 cm³/mol. The summed E-state index contributed by atoms with van der Waals surface area (Å²) in [5.41, 5.74) is 0.791. The van der Waals surface area contributed by atoms with Gasteiger partial charge in [0.15, 0.2) is 5.96 Å². The van der Waals surface area contributed by atoms with E-state index in [4.69, 9.17) is 4.74 Å². The fraction of sp³-hybridized carbons (Fsp3) is 0.619. The minimum absolute atomic E-state index is 0. The fourth-order valence-electron chi connectivity index (χ4n) is 3.21. The molecule has 0 heterocycles. The van der Waals surface area contributed by atoms with Crippen molar-refractivity contribution in [1.29, 1.82) is 0 Å². The molecule has 1 aromatic rings. The van der Waals surface area contributed by atoms with Crippen LogP contribution in [-0.4, -0.2) is 51.3 Å². The number of rotatable bonds is 10. The molecule has 0 spiro atoms. The van der Waals surface area contributed by atoms with Gasteiger partial charge >= 0.3 is 0 Å². The van der Waals surface area contributed by atoms with E-state index in [1.165, 1.54) is 44.2 Å². The number of guanidine groups is 1. The number of nitrogens with zero attached hydrogens (tertiary/aromatic N) is 1. The molecular formula is C21H34FIN4O2. The molecule has 1 aromatic carbocycles. The molecule has 0 radical (unpaired) electrons. The summed E-state index contributed by atoms with van der Waals surface area (Å²) in [5.74, 6) is 0.328. The van der Waals surface area contributed by atoms with Gasteiger partial charge in [0, 0.05) is 33.3 Å². The summed E-state index contributed by atoms with van der Waals surface area (Å²) < 4.78 is 18.8. The van der Waals surface area contributed by atoms with E-state index in [-0.39, 0.29) is 42.1 Å². The van der Waals surface area contributed by atoms with E-state index in [1.54, 1.807) is 19.2 Å². The third kappa shape index (κ3) is 11.4. The Morgan fingerprint density at radius 2 is 1.72 bits per heavy atom. The molecule has 3 N–H and O–H groups in total. The van der Waals surface area contributed by atoms with E-state index in [0.717, 1.165) is 25.1 Å². The Hall–Kier alpha value is -1.42. The summed E-state index contributed by atoms with van der Waals surface area (Å²) in [6.45, 7) is 2.64. The lowest BCUT2D eigenvalue weighted by molar-refractivity contribution is -0.120. The lowest BCUT2D eigenvalue weighted by Gasteiger charge is -2.22. The first-order valence-corrected chi connectivity index (χ1v) is 10.2. The maximum atomic E-state index is 12.9. The smallest absolute Gasteiger partial charge is 0.224 e. The van der Waals surface area contributed by atoms with Gasteiger partial charge < -0.3 is 20.7 Å². The quantitative estimate of drug-likeness (QED) is 0.192. The van der Waals surface area contributed by atoms with Crippen molar-refractivity contribution in [1.82, 2.24) is 16.0 Å². The summed E-state index contributed by atoms with van der Waals surface area (Å²) in [6.07, 6.45) is 7.95. The summed E-state index contributed by atoms with van der Waals surface area (Å²) in [5, 5.41) is 9.26. The van der Waals surface area contributed by atoms with Crippen LogP contribution in [0.25, 0.3) is 0 Å². The second kappa shape index (κ2) is 15.4. The van der Waals surface area contributed by atoms with Gasteiger partial charge in [-0.25, -0.2) is 4.39 Å². The van der Waals surface area contributed by atoms with Gasteiger partial charge in [0.1, 0.15) is 5.82 Å².